The molecule has 14 heteroatoms. The summed E-state index contributed by atoms with van der Waals surface area (Å²) in [6.07, 6.45) is -13.3. The van der Waals surface area contributed by atoms with Gasteiger partial charge in [-0.05, 0) is 68.8 Å². The zero-order valence-corrected chi connectivity index (χ0v) is 22.6. The minimum Gasteiger partial charge on any atom is -0.188 e. The third-order valence-electron chi connectivity index (χ3n) is 6.01. The van der Waals surface area contributed by atoms with Crippen LogP contribution in [0.3, 0.4) is 0 Å². The van der Waals surface area contributed by atoms with Crippen molar-refractivity contribution in [3.05, 3.63) is 46.5 Å². The van der Waals surface area contributed by atoms with Gasteiger partial charge in [-0.3, -0.25) is 0 Å². The van der Waals surface area contributed by atoms with Crippen molar-refractivity contribution >= 4 is 10.8 Å². The van der Waals surface area contributed by atoms with Crippen molar-refractivity contribution in [2.45, 2.75) is 88.4 Å². The molecule has 0 fully saturated rings. The van der Waals surface area contributed by atoms with Crippen molar-refractivity contribution in [3.63, 3.8) is 0 Å². The standard InChI is InChI=1S/C28H22F14/c1-21(2,3)17-11-15(7-9-23(29,30)25(33,34)27(37,38)39)20-14-18(22(4,5)6)12-16(19(20)13-17)8-10-24(31,32)26(35,36)28(40,41)42/h11-14H,1-6H3. The largest absolute Gasteiger partial charge is 0.461 e. The topological polar surface area (TPSA) is 0 Å². The van der Waals surface area contributed by atoms with Crippen LogP contribution in [0, 0.1) is 23.7 Å². The molecule has 0 amide bonds. The first-order valence-electron chi connectivity index (χ1n) is 11.7. The molecule has 0 aromatic heterocycles. The lowest BCUT2D eigenvalue weighted by atomic mass is 9.80. The monoisotopic (exact) mass is 624 g/mol. The molecular formula is C28H22F14. The highest BCUT2D eigenvalue weighted by molar-refractivity contribution is 5.94. The average molecular weight is 624 g/mol. The number of fused-ring (bicyclic) bond motifs is 1. The Morgan fingerprint density at radius 3 is 0.905 bits per heavy atom. The van der Waals surface area contributed by atoms with Gasteiger partial charge in [-0.2, -0.15) is 61.5 Å². The second-order valence-corrected chi connectivity index (χ2v) is 11.4. The van der Waals surface area contributed by atoms with Crippen molar-refractivity contribution in [3.8, 4) is 23.7 Å². The number of hydrogen-bond acceptors (Lipinski definition) is 0. The molecule has 0 heterocycles. The van der Waals surface area contributed by atoms with Crippen molar-refractivity contribution in [1.29, 1.82) is 0 Å². The number of alkyl halides is 14. The smallest absolute Gasteiger partial charge is 0.188 e. The van der Waals surface area contributed by atoms with E-state index in [2.05, 4.69) is 0 Å². The molecule has 0 atom stereocenters. The zero-order valence-electron chi connectivity index (χ0n) is 22.6. The van der Waals surface area contributed by atoms with E-state index in [1.165, 1.54) is 53.7 Å². The predicted octanol–water partition coefficient (Wildman–Crippen LogP) is 9.80. The summed E-state index contributed by atoms with van der Waals surface area (Å²) in [5.41, 5.74) is -2.80. The molecule has 0 radical (unpaired) electrons. The molecule has 232 valence electrons. The Morgan fingerprint density at radius 1 is 0.429 bits per heavy atom. The maximum absolute atomic E-state index is 14.0. The molecule has 2 rings (SSSR count). The van der Waals surface area contributed by atoms with E-state index in [4.69, 9.17) is 0 Å². The van der Waals surface area contributed by atoms with Gasteiger partial charge in [0, 0.05) is 11.1 Å². The number of halogens is 14. The second-order valence-electron chi connectivity index (χ2n) is 11.4. The molecule has 0 saturated heterocycles. The summed E-state index contributed by atoms with van der Waals surface area (Å²) < 4.78 is 186. The predicted molar refractivity (Wildman–Crippen MR) is 127 cm³/mol. The van der Waals surface area contributed by atoms with E-state index in [9.17, 15) is 61.5 Å². The molecule has 0 N–H and O–H groups in total. The van der Waals surface area contributed by atoms with Crippen molar-refractivity contribution in [1.82, 2.24) is 0 Å². The van der Waals surface area contributed by atoms with Gasteiger partial charge in [-0.15, -0.1) is 0 Å². The fourth-order valence-corrected chi connectivity index (χ4v) is 3.34. The van der Waals surface area contributed by atoms with E-state index >= 15 is 0 Å². The van der Waals surface area contributed by atoms with Crippen LogP contribution in [0.2, 0.25) is 0 Å². The van der Waals surface area contributed by atoms with Gasteiger partial charge in [-0.1, -0.05) is 53.4 Å². The van der Waals surface area contributed by atoms with Crippen LogP contribution in [-0.4, -0.2) is 36.0 Å². The molecule has 0 spiro atoms. The van der Waals surface area contributed by atoms with E-state index < -0.39 is 58.0 Å². The van der Waals surface area contributed by atoms with E-state index in [1.807, 2.05) is 0 Å². The zero-order chi connectivity index (χ0) is 33.1. The van der Waals surface area contributed by atoms with Crippen LogP contribution >= 0.6 is 0 Å². The second kappa shape index (κ2) is 10.2. The van der Waals surface area contributed by atoms with Crippen LogP contribution in [-0.2, 0) is 10.8 Å². The van der Waals surface area contributed by atoms with Gasteiger partial charge in [0.2, 0.25) is 0 Å². The lowest BCUT2D eigenvalue weighted by Crippen LogP contribution is -2.51. The molecule has 2 aromatic rings. The lowest BCUT2D eigenvalue weighted by molar-refractivity contribution is -0.339. The summed E-state index contributed by atoms with van der Waals surface area (Å²) in [5.74, 6) is -20.5. The first-order chi connectivity index (χ1) is 18.4. The Hall–Kier alpha value is -3.16. The van der Waals surface area contributed by atoms with Gasteiger partial charge >= 0.3 is 36.0 Å². The summed E-state index contributed by atoms with van der Waals surface area (Å²) in [6.45, 7) is 9.19. The minimum atomic E-state index is -6.67. The summed E-state index contributed by atoms with van der Waals surface area (Å²) in [4.78, 5) is 0. The first kappa shape index (κ1) is 35.0. The van der Waals surface area contributed by atoms with Gasteiger partial charge in [0.25, 0.3) is 0 Å². The summed E-state index contributed by atoms with van der Waals surface area (Å²) in [7, 11) is 0. The van der Waals surface area contributed by atoms with Crippen LogP contribution in [0.5, 0.6) is 0 Å². The highest BCUT2D eigenvalue weighted by Crippen LogP contribution is 2.47. The SMILES string of the molecule is CC(C)(C)c1cc(C#CC(F)(F)C(F)(F)C(F)(F)F)c2cc(C(C)(C)C)cc(C#CC(F)(F)C(F)(F)C(F)(F)F)c2c1. The van der Waals surface area contributed by atoms with Crippen molar-refractivity contribution in [2.75, 3.05) is 0 Å². The van der Waals surface area contributed by atoms with Gasteiger partial charge in [-0.25, -0.2) is 0 Å². The summed E-state index contributed by atoms with van der Waals surface area (Å²) in [5, 5.41) is -0.603. The van der Waals surface area contributed by atoms with Crippen LogP contribution in [0.1, 0.15) is 63.8 Å². The summed E-state index contributed by atoms with van der Waals surface area (Å²) >= 11 is 0. The molecule has 0 aliphatic rings. The fourth-order valence-electron chi connectivity index (χ4n) is 3.34. The molecule has 0 saturated carbocycles. The Labute approximate surface area is 231 Å². The lowest BCUT2D eigenvalue weighted by Gasteiger charge is -2.25. The van der Waals surface area contributed by atoms with E-state index in [0.717, 1.165) is 12.1 Å². The quantitative estimate of drug-likeness (QED) is 0.231. The van der Waals surface area contributed by atoms with Crippen LogP contribution in [0.4, 0.5) is 61.5 Å². The maximum atomic E-state index is 14.0. The average Bonchev–Trinajstić information content (AvgIpc) is 2.77. The maximum Gasteiger partial charge on any atom is 0.461 e. The summed E-state index contributed by atoms with van der Waals surface area (Å²) in [6, 6.07) is 4.54. The molecule has 2 aromatic carbocycles. The Kier molecular flexibility index (Phi) is 8.54. The van der Waals surface area contributed by atoms with Crippen LogP contribution in [0.15, 0.2) is 24.3 Å². The highest BCUT2D eigenvalue weighted by Gasteiger charge is 2.73. The Bertz CT molecular complexity index is 1360. The third-order valence-corrected chi connectivity index (χ3v) is 6.01. The highest BCUT2D eigenvalue weighted by atomic mass is 19.4. The Morgan fingerprint density at radius 2 is 0.690 bits per heavy atom. The van der Waals surface area contributed by atoms with E-state index in [-0.39, 0.29) is 21.9 Å². The molecule has 0 bridgehead atoms. The molecule has 0 aliphatic heterocycles. The molecule has 0 aliphatic carbocycles. The normalized spacial score (nSPS) is 14.3. The van der Waals surface area contributed by atoms with Gasteiger partial charge in [0.1, 0.15) is 0 Å². The van der Waals surface area contributed by atoms with E-state index in [1.54, 1.807) is 11.8 Å². The van der Waals surface area contributed by atoms with Crippen LogP contribution in [0.25, 0.3) is 10.8 Å². The van der Waals surface area contributed by atoms with Gasteiger partial charge in [0.15, 0.2) is 0 Å². The molecule has 0 nitrogen and oxygen atoms in total. The van der Waals surface area contributed by atoms with Gasteiger partial charge < -0.3 is 0 Å². The molecule has 0 unspecified atom stereocenters. The van der Waals surface area contributed by atoms with Crippen LogP contribution < -0.4 is 0 Å². The van der Waals surface area contributed by atoms with E-state index in [0.29, 0.717) is 11.8 Å². The minimum absolute atomic E-state index is 0.129. The molecular weight excluding hydrogens is 602 g/mol. The van der Waals surface area contributed by atoms with Gasteiger partial charge in [0.05, 0.1) is 0 Å². The fraction of sp³-hybridized carbons (Fsp3) is 0.500. The first-order valence-corrected chi connectivity index (χ1v) is 11.7. The molecule has 42 heavy (non-hydrogen) atoms. The number of benzene rings is 2. The van der Waals surface area contributed by atoms with Crippen molar-refractivity contribution < 1.29 is 61.5 Å². The number of hydrogen-bond donors (Lipinski definition) is 0. The Balaban J connectivity index is 3.06. The van der Waals surface area contributed by atoms with Crippen molar-refractivity contribution in [2.24, 2.45) is 0 Å². The number of rotatable bonds is 2. The third kappa shape index (κ3) is 6.57.